The zero-order chi connectivity index (χ0) is 20.9. The topological polar surface area (TPSA) is 150 Å². The number of nitrogens with zero attached hydrogens (tertiary/aromatic N) is 2. The third kappa shape index (κ3) is 5.47. The van der Waals surface area contributed by atoms with Crippen LogP contribution >= 0.6 is 0 Å². The number of hydrogen-bond acceptors (Lipinski definition) is 7. The van der Waals surface area contributed by atoms with Gasteiger partial charge in [-0.2, -0.15) is 5.10 Å². The van der Waals surface area contributed by atoms with Gasteiger partial charge in [0.2, 0.25) is 10.0 Å². The van der Waals surface area contributed by atoms with Gasteiger partial charge in [-0.15, -0.1) is 0 Å². The van der Waals surface area contributed by atoms with Gasteiger partial charge in [0.05, 0.1) is 4.90 Å². The zero-order valence-corrected chi connectivity index (χ0v) is 16.2. The number of carbonyl (C=O) groups is 2. The number of aromatic nitrogens is 2. The van der Waals surface area contributed by atoms with Gasteiger partial charge < -0.3 is 10.1 Å². The maximum atomic E-state index is 12.0. The fourth-order valence-electron chi connectivity index (χ4n) is 2.32. The van der Waals surface area contributed by atoms with Crippen LogP contribution in [0.1, 0.15) is 29.4 Å². The first-order valence-electron chi connectivity index (χ1n) is 8.30. The molecule has 1 aromatic heterocycles. The van der Waals surface area contributed by atoms with Crippen LogP contribution in [0.25, 0.3) is 0 Å². The lowest BCUT2D eigenvalue weighted by molar-refractivity contribution is -0.119. The number of rotatable bonds is 7. The van der Waals surface area contributed by atoms with Crippen molar-refractivity contribution >= 4 is 27.6 Å². The lowest BCUT2D eigenvalue weighted by Crippen LogP contribution is -2.26. The number of benzene rings is 1. The Morgan fingerprint density at radius 1 is 1.25 bits per heavy atom. The lowest BCUT2D eigenvalue weighted by Gasteiger charge is -2.09. The number of aryl methyl sites for hydroxylation is 2. The third-order valence-electron chi connectivity index (χ3n) is 3.62. The molecule has 0 aliphatic rings. The number of sulfonamides is 1. The summed E-state index contributed by atoms with van der Waals surface area (Å²) in [7, 11) is -3.94. The van der Waals surface area contributed by atoms with Gasteiger partial charge in [0.25, 0.3) is 11.5 Å². The molecule has 0 spiro atoms. The standard InChI is InChI=1S/C17H20N4O6S/c1-3-8-21-16(23)7-6-13(20-21)17(24)27-10-15(22)19-12-5-4-11(2)14(9-12)28(18,25)26/h4-7,9H,3,8,10H2,1-2H3,(H,19,22)(H2,18,25,26). The van der Waals surface area contributed by atoms with Crippen LogP contribution in [-0.2, 0) is 26.1 Å². The molecule has 2 aromatic rings. The minimum Gasteiger partial charge on any atom is -0.451 e. The molecule has 0 bridgehead atoms. The van der Waals surface area contributed by atoms with Crippen molar-refractivity contribution in [2.24, 2.45) is 5.14 Å². The monoisotopic (exact) mass is 408 g/mol. The van der Waals surface area contributed by atoms with Gasteiger partial charge in [0.1, 0.15) is 0 Å². The molecule has 1 heterocycles. The van der Waals surface area contributed by atoms with Crippen molar-refractivity contribution in [3.8, 4) is 0 Å². The Kier molecular flexibility index (Phi) is 6.65. The maximum absolute atomic E-state index is 12.0. The van der Waals surface area contributed by atoms with E-state index in [-0.39, 0.29) is 21.8 Å². The molecular formula is C17H20N4O6S. The van der Waals surface area contributed by atoms with Crippen LogP contribution in [0.3, 0.4) is 0 Å². The summed E-state index contributed by atoms with van der Waals surface area (Å²) in [5.74, 6) is -1.55. The number of ether oxygens (including phenoxy) is 1. The molecule has 0 fully saturated rings. The molecule has 0 saturated heterocycles. The predicted molar refractivity (Wildman–Crippen MR) is 100 cm³/mol. The number of nitrogens with one attached hydrogen (secondary N) is 1. The molecular weight excluding hydrogens is 388 g/mol. The summed E-state index contributed by atoms with van der Waals surface area (Å²) < 4.78 is 29.1. The number of nitrogens with two attached hydrogens (primary N) is 1. The summed E-state index contributed by atoms with van der Waals surface area (Å²) in [6.07, 6.45) is 0.658. The normalized spacial score (nSPS) is 11.1. The number of primary sulfonamides is 1. The highest BCUT2D eigenvalue weighted by Crippen LogP contribution is 2.18. The Hall–Kier alpha value is -3.05. The van der Waals surface area contributed by atoms with E-state index >= 15 is 0 Å². The predicted octanol–water partition coefficient (Wildman–Crippen LogP) is 0.405. The molecule has 0 aliphatic heterocycles. The van der Waals surface area contributed by atoms with Crippen molar-refractivity contribution in [1.82, 2.24) is 9.78 Å². The lowest BCUT2D eigenvalue weighted by atomic mass is 10.2. The van der Waals surface area contributed by atoms with Crippen LogP contribution in [-0.4, -0.2) is 36.7 Å². The molecule has 3 N–H and O–H groups in total. The van der Waals surface area contributed by atoms with E-state index in [2.05, 4.69) is 10.4 Å². The molecule has 28 heavy (non-hydrogen) atoms. The Bertz CT molecular complexity index is 1060. The summed E-state index contributed by atoms with van der Waals surface area (Å²) >= 11 is 0. The molecule has 2 rings (SSSR count). The molecule has 150 valence electrons. The summed E-state index contributed by atoms with van der Waals surface area (Å²) in [4.78, 5) is 35.5. The first-order valence-corrected chi connectivity index (χ1v) is 9.85. The van der Waals surface area contributed by atoms with Crippen molar-refractivity contribution in [3.63, 3.8) is 0 Å². The van der Waals surface area contributed by atoms with Gasteiger partial charge in [-0.05, 0) is 37.1 Å². The zero-order valence-electron chi connectivity index (χ0n) is 15.3. The Morgan fingerprint density at radius 2 is 1.96 bits per heavy atom. The molecule has 10 nitrogen and oxygen atoms in total. The molecule has 0 atom stereocenters. The highest BCUT2D eigenvalue weighted by molar-refractivity contribution is 7.89. The van der Waals surface area contributed by atoms with E-state index in [1.165, 1.54) is 30.3 Å². The van der Waals surface area contributed by atoms with Crippen molar-refractivity contribution in [3.05, 3.63) is 51.9 Å². The second kappa shape index (κ2) is 8.76. The van der Waals surface area contributed by atoms with Crippen molar-refractivity contribution in [1.29, 1.82) is 0 Å². The van der Waals surface area contributed by atoms with Crippen LogP contribution in [0.5, 0.6) is 0 Å². The number of carbonyl (C=O) groups excluding carboxylic acids is 2. The van der Waals surface area contributed by atoms with Crippen LogP contribution in [0.15, 0.2) is 40.0 Å². The van der Waals surface area contributed by atoms with Gasteiger partial charge in [-0.3, -0.25) is 9.59 Å². The molecule has 0 saturated carbocycles. The highest BCUT2D eigenvalue weighted by atomic mass is 32.2. The average Bonchev–Trinajstić information content (AvgIpc) is 2.62. The van der Waals surface area contributed by atoms with Gasteiger partial charge in [-0.1, -0.05) is 13.0 Å². The van der Waals surface area contributed by atoms with E-state index in [0.717, 1.165) is 4.68 Å². The Balaban J connectivity index is 2.02. The minimum absolute atomic E-state index is 0.104. The SMILES string of the molecule is CCCn1nc(C(=O)OCC(=O)Nc2ccc(C)c(S(N)(=O)=O)c2)ccc1=O. The van der Waals surface area contributed by atoms with Crippen molar-refractivity contribution in [2.75, 3.05) is 11.9 Å². The molecule has 0 aliphatic carbocycles. The third-order valence-corrected chi connectivity index (χ3v) is 4.68. The molecule has 0 radical (unpaired) electrons. The Labute approximate surface area is 161 Å². The fourth-order valence-corrected chi connectivity index (χ4v) is 3.12. The van der Waals surface area contributed by atoms with Crippen molar-refractivity contribution in [2.45, 2.75) is 31.7 Å². The van der Waals surface area contributed by atoms with E-state index < -0.39 is 28.5 Å². The first kappa shape index (κ1) is 21.3. The number of esters is 1. The van der Waals surface area contributed by atoms with Crippen LogP contribution < -0.4 is 16.0 Å². The second-order valence-electron chi connectivity index (χ2n) is 5.93. The summed E-state index contributed by atoms with van der Waals surface area (Å²) in [5.41, 5.74) is 0.166. The number of hydrogen-bond donors (Lipinski definition) is 2. The second-order valence-corrected chi connectivity index (χ2v) is 7.46. The first-order chi connectivity index (χ1) is 13.1. The minimum atomic E-state index is -3.94. The molecule has 0 unspecified atom stereocenters. The van der Waals surface area contributed by atoms with Crippen LogP contribution in [0.4, 0.5) is 5.69 Å². The summed E-state index contributed by atoms with van der Waals surface area (Å²) in [6.45, 7) is 3.15. The molecule has 1 amide bonds. The largest absolute Gasteiger partial charge is 0.451 e. The summed E-state index contributed by atoms with van der Waals surface area (Å²) in [6, 6.07) is 6.61. The number of amides is 1. The van der Waals surface area contributed by atoms with E-state index in [1.807, 2.05) is 6.92 Å². The Morgan fingerprint density at radius 3 is 2.61 bits per heavy atom. The maximum Gasteiger partial charge on any atom is 0.359 e. The smallest absolute Gasteiger partial charge is 0.359 e. The van der Waals surface area contributed by atoms with Crippen LogP contribution in [0.2, 0.25) is 0 Å². The van der Waals surface area contributed by atoms with Crippen LogP contribution in [0, 0.1) is 6.92 Å². The van der Waals surface area contributed by atoms with E-state index in [9.17, 15) is 22.8 Å². The van der Waals surface area contributed by atoms with E-state index in [0.29, 0.717) is 18.5 Å². The van der Waals surface area contributed by atoms with Gasteiger partial charge >= 0.3 is 5.97 Å². The molecule has 1 aromatic carbocycles. The molecule has 11 heteroatoms. The average molecular weight is 408 g/mol. The quantitative estimate of drug-likeness (QED) is 0.630. The van der Waals surface area contributed by atoms with E-state index in [4.69, 9.17) is 9.88 Å². The van der Waals surface area contributed by atoms with Gasteiger partial charge in [0, 0.05) is 18.3 Å². The van der Waals surface area contributed by atoms with Gasteiger partial charge in [0.15, 0.2) is 12.3 Å². The van der Waals surface area contributed by atoms with Gasteiger partial charge in [-0.25, -0.2) is 23.0 Å². The fraction of sp³-hybridized carbons (Fsp3) is 0.294. The van der Waals surface area contributed by atoms with E-state index in [1.54, 1.807) is 6.92 Å². The number of anilines is 1. The summed E-state index contributed by atoms with van der Waals surface area (Å²) in [5, 5.41) is 11.4. The highest BCUT2D eigenvalue weighted by Gasteiger charge is 2.15. The van der Waals surface area contributed by atoms with Crippen molar-refractivity contribution < 1.29 is 22.7 Å².